The van der Waals surface area contributed by atoms with Gasteiger partial charge in [-0.05, 0) is 56.9 Å². The van der Waals surface area contributed by atoms with Crippen LogP contribution in [0.15, 0.2) is 54.6 Å². The normalized spacial score (nSPS) is 17.2. The Hall–Kier alpha value is -2.86. The average Bonchev–Trinajstić information content (AvgIpc) is 3.43. The maximum absolute atomic E-state index is 12.5. The third kappa shape index (κ3) is 4.82. The van der Waals surface area contributed by atoms with Crippen LogP contribution in [0.5, 0.6) is 5.75 Å². The van der Waals surface area contributed by atoms with Crippen molar-refractivity contribution >= 4 is 16.9 Å². The summed E-state index contributed by atoms with van der Waals surface area (Å²) in [6.45, 7) is 4.16. The highest BCUT2D eigenvalue weighted by molar-refractivity contribution is 5.81. The number of benzene rings is 2. The van der Waals surface area contributed by atoms with Gasteiger partial charge in [-0.1, -0.05) is 30.3 Å². The first-order chi connectivity index (χ1) is 14.7. The van der Waals surface area contributed by atoms with Crippen LogP contribution in [0.3, 0.4) is 0 Å². The largest absolute Gasteiger partial charge is 0.494 e. The van der Waals surface area contributed by atoms with Crippen molar-refractivity contribution in [1.29, 1.82) is 0 Å². The second-order valence-electron chi connectivity index (χ2n) is 7.71. The quantitative estimate of drug-likeness (QED) is 0.539. The highest BCUT2D eigenvalue weighted by atomic mass is 16.5. The van der Waals surface area contributed by atoms with Crippen molar-refractivity contribution in [3.63, 3.8) is 0 Å². The van der Waals surface area contributed by atoms with Gasteiger partial charge in [0, 0.05) is 13.2 Å². The molecule has 3 aromatic rings. The van der Waals surface area contributed by atoms with Crippen molar-refractivity contribution < 1.29 is 14.3 Å². The summed E-state index contributed by atoms with van der Waals surface area (Å²) in [7, 11) is 0. The van der Waals surface area contributed by atoms with E-state index in [0.717, 1.165) is 54.8 Å². The second-order valence-corrected chi connectivity index (χ2v) is 7.71. The summed E-state index contributed by atoms with van der Waals surface area (Å²) in [6.07, 6.45) is 3.30. The van der Waals surface area contributed by atoms with Gasteiger partial charge in [0.25, 0.3) is 0 Å². The van der Waals surface area contributed by atoms with Crippen LogP contribution >= 0.6 is 0 Å². The number of hydrogen-bond donors (Lipinski definition) is 1. The standard InChI is InChI=1S/C24H29N3O3/c1-18(25-24(28)22-14-9-17-30-22)23-26-20-12-5-6-13-21(20)27(23)15-7-8-16-29-19-10-3-2-4-11-19/h2-6,10-13,18,22H,7-9,14-17H2,1H3,(H,25,28). The number of nitrogens with one attached hydrogen (secondary N) is 1. The van der Waals surface area contributed by atoms with Crippen LogP contribution in [-0.4, -0.2) is 34.8 Å². The van der Waals surface area contributed by atoms with Crippen molar-refractivity contribution in [3.05, 3.63) is 60.4 Å². The number of hydrogen-bond acceptors (Lipinski definition) is 4. The van der Waals surface area contributed by atoms with Gasteiger partial charge in [-0.2, -0.15) is 0 Å². The van der Waals surface area contributed by atoms with E-state index in [0.29, 0.717) is 13.2 Å². The zero-order chi connectivity index (χ0) is 20.8. The van der Waals surface area contributed by atoms with Crippen LogP contribution in [0.25, 0.3) is 11.0 Å². The van der Waals surface area contributed by atoms with Gasteiger partial charge in [0.15, 0.2) is 0 Å². The summed E-state index contributed by atoms with van der Waals surface area (Å²) in [4.78, 5) is 17.3. The monoisotopic (exact) mass is 407 g/mol. The fourth-order valence-corrected chi connectivity index (χ4v) is 3.89. The third-order valence-corrected chi connectivity index (χ3v) is 5.44. The van der Waals surface area contributed by atoms with Crippen LogP contribution < -0.4 is 10.1 Å². The number of unbranched alkanes of at least 4 members (excludes halogenated alkanes) is 1. The molecule has 158 valence electrons. The molecule has 1 aliphatic heterocycles. The molecule has 4 rings (SSSR count). The molecule has 6 nitrogen and oxygen atoms in total. The van der Waals surface area contributed by atoms with Gasteiger partial charge in [0.05, 0.1) is 23.7 Å². The molecule has 30 heavy (non-hydrogen) atoms. The van der Waals surface area contributed by atoms with Crippen molar-refractivity contribution in [2.75, 3.05) is 13.2 Å². The van der Waals surface area contributed by atoms with E-state index in [1.807, 2.05) is 55.5 Å². The first-order valence-electron chi connectivity index (χ1n) is 10.8. The predicted molar refractivity (Wildman–Crippen MR) is 116 cm³/mol. The van der Waals surface area contributed by atoms with E-state index in [2.05, 4.69) is 16.0 Å². The molecule has 0 bridgehead atoms. The molecule has 6 heteroatoms. The van der Waals surface area contributed by atoms with Crippen LogP contribution in [-0.2, 0) is 16.1 Å². The zero-order valence-corrected chi connectivity index (χ0v) is 17.4. The Morgan fingerprint density at radius 1 is 1.20 bits per heavy atom. The van der Waals surface area contributed by atoms with E-state index in [1.165, 1.54) is 0 Å². The maximum atomic E-state index is 12.5. The number of fused-ring (bicyclic) bond motifs is 1. The lowest BCUT2D eigenvalue weighted by Gasteiger charge is -2.18. The molecule has 2 unspecified atom stereocenters. The fourth-order valence-electron chi connectivity index (χ4n) is 3.89. The Kier molecular flexibility index (Phi) is 6.64. The number of aryl methyl sites for hydroxylation is 1. The van der Waals surface area contributed by atoms with Gasteiger partial charge >= 0.3 is 0 Å². The number of imidazole rings is 1. The number of aromatic nitrogens is 2. The summed E-state index contributed by atoms with van der Waals surface area (Å²) < 4.78 is 13.5. The van der Waals surface area contributed by atoms with Crippen molar-refractivity contribution in [2.24, 2.45) is 0 Å². The number of para-hydroxylation sites is 3. The summed E-state index contributed by atoms with van der Waals surface area (Å²) in [5, 5.41) is 3.09. The molecule has 1 amide bonds. The number of nitrogens with zero attached hydrogens (tertiary/aromatic N) is 2. The number of carbonyl (C=O) groups excluding carboxylic acids is 1. The predicted octanol–water partition coefficient (Wildman–Crippen LogP) is 4.25. The van der Waals surface area contributed by atoms with Crippen LogP contribution in [0.4, 0.5) is 0 Å². The van der Waals surface area contributed by atoms with Gasteiger partial charge in [0.1, 0.15) is 17.7 Å². The Labute approximate surface area is 177 Å². The molecule has 1 aliphatic rings. The molecule has 0 radical (unpaired) electrons. The molecule has 2 aromatic carbocycles. The van der Waals surface area contributed by atoms with Crippen molar-refractivity contribution in [1.82, 2.24) is 14.9 Å². The molecule has 1 fully saturated rings. The molecule has 0 aliphatic carbocycles. The van der Waals surface area contributed by atoms with Gasteiger partial charge in [-0.15, -0.1) is 0 Å². The SMILES string of the molecule is CC(NC(=O)C1CCCO1)c1nc2ccccc2n1CCCCOc1ccccc1. The van der Waals surface area contributed by atoms with Gasteiger partial charge in [-0.3, -0.25) is 4.79 Å². The van der Waals surface area contributed by atoms with Crippen LogP contribution in [0, 0.1) is 0 Å². The minimum Gasteiger partial charge on any atom is -0.494 e. The lowest BCUT2D eigenvalue weighted by Crippen LogP contribution is -2.36. The minimum atomic E-state index is -0.333. The Morgan fingerprint density at radius 3 is 2.80 bits per heavy atom. The Bertz CT molecular complexity index is 964. The van der Waals surface area contributed by atoms with E-state index < -0.39 is 0 Å². The first-order valence-corrected chi connectivity index (χ1v) is 10.8. The van der Waals surface area contributed by atoms with Crippen molar-refractivity contribution in [2.45, 2.75) is 51.3 Å². The van der Waals surface area contributed by atoms with Crippen LogP contribution in [0.2, 0.25) is 0 Å². The number of rotatable bonds is 9. The highest BCUT2D eigenvalue weighted by Gasteiger charge is 2.26. The first kappa shape index (κ1) is 20.4. The zero-order valence-electron chi connectivity index (χ0n) is 17.4. The number of carbonyl (C=O) groups is 1. The Balaban J connectivity index is 1.40. The third-order valence-electron chi connectivity index (χ3n) is 5.44. The topological polar surface area (TPSA) is 65.4 Å². The molecular weight excluding hydrogens is 378 g/mol. The lowest BCUT2D eigenvalue weighted by atomic mass is 10.2. The molecule has 1 aromatic heterocycles. The number of ether oxygens (including phenoxy) is 2. The van der Waals surface area contributed by atoms with Gasteiger partial charge in [0.2, 0.25) is 5.91 Å². The molecular formula is C24H29N3O3. The summed E-state index contributed by atoms with van der Waals surface area (Å²) in [6, 6.07) is 17.8. The molecule has 2 heterocycles. The average molecular weight is 408 g/mol. The lowest BCUT2D eigenvalue weighted by molar-refractivity contribution is -0.130. The van der Waals surface area contributed by atoms with Gasteiger partial charge < -0.3 is 19.4 Å². The minimum absolute atomic E-state index is 0.0464. The summed E-state index contributed by atoms with van der Waals surface area (Å²) in [5.41, 5.74) is 2.04. The van der Waals surface area contributed by atoms with E-state index in [1.54, 1.807) is 0 Å². The summed E-state index contributed by atoms with van der Waals surface area (Å²) >= 11 is 0. The maximum Gasteiger partial charge on any atom is 0.249 e. The number of amides is 1. The second kappa shape index (κ2) is 9.76. The molecule has 1 saturated heterocycles. The summed E-state index contributed by atoms with van der Waals surface area (Å²) in [5.74, 6) is 1.73. The molecule has 2 atom stereocenters. The molecule has 0 saturated carbocycles. The smallest absolute Gasteiger partial charge is 0.249 e. The molecule has 0 spiro atoms. The fraction of sp³-hybridized carbons (Fsp3) is 0.417. The Morgan fingerprint density at radius 2 is 2.00 bits per heavy atom. The van der Waals surface area contributed by atoms with Gasteiger partial charge in [-0.25, -0.2) is 4.98 Å². The molecule has 1 N–H and O–H groups in total. The van der Waals surface area contributed by atoms with Crippen LogP contribution in [0.1, 0.15) is 44.5 Å². The van der Waals surface area contributed by atoms with E-state index >= 15 is 0 Å². The van der Waals surface area contributed by atoms with E-state index in [-0.39, 0.29) is 18.1 Å². The van der Waals surface area contributed by atoms with E-state index in [4.69, 9.17) is 14.5 Å². The highest BCUT2D eigenvalue weighted by Crippen LogP contribution is 2.22. The van der Waals surface area contributed by atoms with Crippen molar-refractivity contribution in [3.8, 4) is 5.75 Å². The van der Waals surface area contributed by atoms with E-state index in [9.17, 15) is 4.79 Å².